The lowest BCUT2D eigenvalue weighted by Gasteiger charge is -2.40. The molecule has 0 spiro atoms. The average molecular weight is 423 g/mol. The zero-order chi connectivity index (χ0) is 22.4. The number of aromatic hydroxyl groups is 1. The van der Waals surface area contributed by atoms with Crippen molar-refractivity contribution in [3.8, 4) is 11.5 Å². The molecule has 2 amide bonds. The van der Waals surface area contributed by atoms with Crippen molar-refractivity contribution >= 4 is 24.9 Å². The predicted molar refractivity (Wildman–Crippen MR) is 106 cm³/mol. The van der Waals surface area contributed by atoms with Crippen molar-refractivity contribution in [3.05, 3.63) is 23.3 Å². The monoisotopic (exact) mass is 423 g/mol. The van der Waals surface area contributed by atoms with Crippen LogP contribution in [-0.2, 0) is 16.0 Å². The number of nitrogens with one attached hydrogen (secondary N) is 1. The Labute approximate surface area is 173 Å². The lowest BCUT2D eigenvalue weighted by molar-refractivity contribution is -0.141. The number of hydrogen-bond donors (Lipinski definition) is 6. The van der Waals surface area contributed by atoms with E-state index in [9.17, 15) is 24.6 Å². The molecule has 1 heterocycles. The largest absolute Gasteiger partial charge is 0.507 e. The summed E-state index contributed by atoms with van der Waals surface area (Å²) in [7, 11) is -1.57. The first-order valence-corrected chi connectivity index (χ1v) is 9.49. The van der Waals surface area contributed by atoms with Crippen LogP contribution in [0.15, 0.2) is 12.1 Å². The van der Waals surface area contributed by atoms with Crippen LogP contribution >= 0.6 is 0 Å². The third-order valence-corrected chi connectivity index (χ3v) is 4.71. The molecule has 1 aliphatic heterocycles. The van der Waals surface area contributed by atoms with Crippen LogP contribution in [0.2, 0.25) is 6.32 Å². The van der Waals surface area contributed by atoms with Gasteiger partial charge in [0.2, 0.25) is 11.8 Å². The zero-order valence-corrected chi connectivity index (χ0v) is 16.6. The first-order valence-electron chi connectivity index (χ1n) is 9.49. The summed E-state index contributed by atoms with van der Waals surface area (Å²) < 4.78 is 5.65. The van der Waals surface area contributed by atoms with E-state index in [4.69, 9.17) is 20.5 Å². The molecule has 30 heavy (non-hydrogen) atoms. The van der Waals surface area contributed by atoms with Gasteiger partial charge in [0.25, 0.3) is 0 Å². The molecule has 0 unspecified atom stereocenters. The van der Waals surface area contributed by atoms with Crippen molar-refractivity contribution < 1.29 is 39.4 Å². The first kappa shape index (κ1) is 23.5. The Morgan fingerprint density at radius 2 is 2.00 bits per heavy atom. The number of phenols is 1. The summed E-state index contributed by atoms with van der Waals surface area (Å²) in [6, 6.07) is 2.09. The number of carboxylic acid groups (broad SMARTS) is 1. The number of nitrogens with two attached hydrogens (primary N) is 1. The normalized spacial score (nSPS) is 14.6. The van der Waals surface area contributed by atoms with Crippen molar-refractivity contribution in [2.75, 3.05) is 19.6 Å². The minimum absolute atomic E-state index is 0.0413. The van der Waals surface area contributed by atoms with Crippen LogP contribution in [-0.4, -0.2) is 81.8 Å². The Bertz CT molecular complexity index is 798. The van der Waals surface area contributed by atoms with E-state index in [1.54, 1.807) is 0 Å². The summed E-state index contributed by atoms with van der Waals surface area (Å²) in [6.07, 6.45) is -0.151. The number of aryl methyl sites for hydroxylation is 1. The second kappa shape index (κ2) is 10.3. The highest BCUT2D eigenvalue weighted by Gasteiger charge is 2.35. The van der Waals surface area contributed by atoms with Crippen LogP contribution in [0.1, 0.15) is 29.3 Å². The molecule has 0 aliphatic carbocycles. The summed E-state index contributed by atoms with van der Waals surface area (Å²) in [6.45, 7) is 2.09. The van der Waals surface area contributed by atoms with Crippen LogP contribution in [0.4, 0.5) is 0 Å². The Kier molecular flexibility index (Phi) is 8.04. The SMILES string of the molecule is CC(=O)NCC[C@H](N)C(=O)N1CC(Oc2ccc(CCB(O)O)c(O)c2C(=O)O)C1. The molecule has 1 saturated heterocycles. The molecule has 1 aliphatic rings. The Balaban J connectivity index is 1.95. The summed E-state index contributed by atoms with van der Waals surface area (Å²) in [5.41, 5.74) is 5.67. The van der Waals surface area contributed by atoms with Gasteiger partial charge in [-0.1, -0.05) is 6.07 Å². The first-order chi connectivity index (χ1) is 14.1. The third kappa shape index (κ3) is 6.08. The summed E-state index contributed by atoms with van der Waals surface area (Å²) in [5, 5.41) is 40.2. The minimum Gasteiger partial charge on any atom is -0.507 e. The number of ether oxygens (including phenoxy) is 1. The highest BCUT2D eigenvalue weighted by molar-refractivity contribution is 6.41. The van der Waals surface area contributed by atoms with Gasteiger partial charge in [-0.25, -0.2) is 4.79 Å². The molecule has 1 aromatic carbocycles. The predicted octanol–water partition coefficient (Wildman–Crippen LogP) is -1.45. The van der Waals surface area contributed by atoms with Gasteiger partial charge in [-0.15, -0.1) is 0 Å². The Hall–Kier alpha value is -2.83. The highest BCUT2D eigenvalue weighted by Crippen LogP contribution is 2.34. The second-order valence-electron chi connectivity index (χ2n) is 7.13. The van der Waals surface area contributed by atoms with Crippen LogP contribution < -0.4 is 15.8 Å². The Morgan fingerprint density at radius 1 is 1.33 bits per heavy atom. The van der Waals surface area contributed by atoms with Crippen molar-refractivity contribution in [2.45, 2.75) is 38.2 Å². The second-order valence-corrected chi connectivity index (χ2v) is 7.13. The lowest BCUT2D eigenvalue weighted by Crippen LogP contribution is -2.60. The van der Waals surface area contributed by atoms with E-state index in [1.165, 1.54) is 24.0 Å². The van der Waals surface area contributed by atoms with Crippen molar-refractivity contribution in [1.29, 1.82) is 0 Å². The van der Waals surface area contributed by atoms with E-state index >= 15 is 0 Å². The molecular formula is C18H26BN3O8. The number of aromatic carboxylic acids is 1. The topological polar surface area (TPSA) is 183 Å². The number of rotatable bonds is 10. The fourth-order valence-corrected chi connectivity index (χ4v) is 3.04. The number of nitrogens with zero attached hydrogens (tertiary/aromatic N) is 1. The van der Waals surface area contributed by atoms with Gasteiger partial charge < -0.3 is 40.9 Å². The van der Waals surface area contributed by atoms with Crippen LogP contribution in [0.25, 0.3) is 0 Å². The molecule has 0 aromatic heterocycles. The molecule has 12 heteroatoms. The number of carbonyl (C=O) groups excluding carboxylic acids is 2. The van der Waals surface area contributed by atoms with Crippen LogP contribution in [0.3, 0.4) is 0 Å². The maximum absolute atomic E-state index is 12.3. The molecular weight excluding hydrogens is 397 g/mol. The molecule has 0 saturated carbocycles. The standard InChI is InChI=1S/C18H26BN3O8/c1-10(23)21-7-5-13(20)17(25)22-8-12(9-22)30-14-3-2-11(4-6-19(28)29)16(24)15(14)18(26)27/h2-3,12-13,24,28-29H,4-9,20H2,1H3,(H,21,23)(H,26,27)/t13-/m0/s1. The number of carboxylic acids is 1. The lowest BCUT2D eigenvalue weighted by atomic mass is 9.82. The van der Waals surface area contributed by atoms with Gasteiger partial charge in [0.1, 0.15) is 23.2 Å². The Morgan fingerprint density at radius 3 is 2.57 bits per heavy atom. The summed E-state index contributed by atoms with van der Waals surface area (Å²) in [4.78, 5) is 36.2. The zero-order valence-electron chi connectivity index (χ0n) is 16.6. The molecule has 0 bridgehead atoms. The van der Waals surface area contributed by atoms with Gasteiger partial charge in [-0.05, 0) is 30.8 Å². The van der Waals surface area contributed by atoms with Gasteiger partial charge in [0.05, 0.1) is 19.1 Å². The van der Waals surface area contributed by atoms with E-state index in [1.807, 2.05) is 0 Å². The van der Waals surface area contributed by atoms with Crippen LogP contribution in [0.5, 0.6) is 11.5 Å². The number of carbonyl (C=O) groups is 3. The van der Waals surface area contributed by atoms with E-state index in [0.717, 1.165) is 0 Å². The van der Waals surface area contributed by atoms with E-state index in [0.29, 0.717) is 6.42 Å². The molecule has 2 rings (SSSR count). The molecule has 0 radical (unpaired) electrons. The summed E-state index contributed by atoms with van der Waals surface area (Å²) >= 11 is 0. The quantitative estimate of drug-likeness (QED) is 0.245. The molecule has 164 valence electrons. The number of likely N-dealkylation sites (tertiary alicyclic amines) is 1. The van der Waals surface area contributed by atoms with Gasteiger partial charge in [0.15, 0.2) is 0 Å². The third-order valence-electron chi connectivity index (χ3n) is 4.71. The maximum atomic E-state index is 12.3. The molecule has 7 N–H and O–H groups in total. The fourth-order valence-electron chi connectivity index (χ4n) is 3.04. The highest BCUT2D eigenvalue weighted by atomic mass is 16.5. The minimum atomic E-state index is -1.57. The molecule has 1 fully saturated rings. The molecule has 1 atom stereocenters. The summed E-state index contributed by atoms with van der Waals surface area (Å²) in [5.74, 6) is -2.42. The van der Waals surface area contributed by atoms with E-state index < -0.39 is 36.5 Å². The van der Waals surface area contributed by atoms with Gasteiger partial charge in [-0.2, -0.15) is 0 Å². The van der Waals surface area contributed by atoms with Crippen molar-refractivity contribution in [3.63, 3.8) is 0 Å². The molecule has 1 aromatic rings. The van der Waals surface area contributed by atoms with Gasteiger partial charge in [-0.3, -0.25) is 9.59 Å². The smallest absolute Gasteiger partial charge is 0.451 e. The number of hydrogen-bond acceptors (Lipinski definition) is 8. The number of amides is 2. The van der Waals surface area contributed by atoms with E-state index in [2.05, 4.69) is 5.32 Å². The number of benzene rings is 1. The van der Waals surface area contributed by atoms with Crippen molar-refractivity contribution in [2.24, 2.45) is 5.73 Å². The average Bonchev–Trinajstić information content (AvgIpc) is 2.62. The molecule has 11 nitrogen and oxygen atoms in total. The van der Waals surface area contributed by atoms with Crippen molar-refractivity contribution in [1.82, 2.24) is 10.2 Å². The van der Waals surface area contributed by atoms with E-state index in [-0.39, 0.29) is 55.5 Å². The van der Waals surface area contributed by atoms with Gasteiger partial charge in [0, 0.05) is 13.5 Å². The van der Waals surface area contributed by atoms with Crippen LogP contribution in [0, 0.1) is 0 Å². The fraction of sp³-hybridized carbons (Fsp3) is 0.500. The maximum Gasteiger partial charge on any atom is 0.451 e. The van der Waals surface area contributed by atoms with Gasteiger partial charge >= 0.3 is 13.1 Å².